The van der Waals surface area contributed by atoms with Gasteiger partial charge in [-0.25, -0.2) is 0 Å². The van der Waals surface area contributed by atoms with Crippen LogP contribution in [0, 0.1) is 0 Å². The van der Waals surface area contributed by atoms with Crippen molar-refractivity contribution < 1.29 is 39.8 Å². The number of unbranched alkanes of at least 4 members (excludes halogenated alkanes) is 16. The van der Waals surface area contributed by atoms with Crippen molar-refractivity contribution in [3.8, 4) is 0 Å². The standard InChI is InChI=1S/C69H111NO8/c1-3-5-7-9-11-13-15-17-19-21-23-24-25-26-27-28-29-30-31-32-33-34-35-36-37-38-39-40-41-43-45-47-49-51-53-55-57-59-65(73)70-62(61-77-69-68(76)67(75)66(74)64(60-71)78-69)63(72)58-56-54-52-50-48-46-44-42-22-20-18-16-14-12-10-8-6-4-2/h5,7,11,13,17,19,22-24,26-27,29-30,32-33,35-36,38-39,41-43,48,50,56,58,62-64,66-69,71-72,74-76H,3-4,6,8-10,12,14-16,18,20-21,25,28,31,34,37,40,44-47,49,51-55,57,59-61H2,1-2H3,(H,70,73)/b7-5-,13-11-,19-17-,24-23-,27-26-,30-29-,33-32-,36-35-,39-38-,42-22+,43-41-,50-48+,58-56+. The molecule has 440 valence electrons. The molecule has 0 bridgehead atoms. The first-order valence-electron chi connectivity index (χ1n) is 30.7. The molecular formula is C69H111NO8. The van der Waals surface area contributed by atoms with E-state index < -0.39 is 49.5 Å². The van der Waals surface area contributed by atoms with Crippen molar-refractivity contribution in [2.75, 3.05) is 13.2 Å². The highest BCUT2D eigenvalue weighted by Crippen LogP contribution is 2.23. The number of aliphatic hydroxyl groups is 5. The SMILES string of the molecule is CC/C=C\C/C=C\C/C=C\C/C=C\C/C=C\C/C=C\C/C=C\C/C=C\C/C=C\C/C=C\CCCCCCCCC(=O)NC(COC1OC(CO)C(O)C(O)C1O)C(O)/C=C/CC/C=C/CC/C=C/CCCCCCCCCC. The number of hydrogen-bond acceptors (Lipinski definition) is 8. The van der Waals surface area contributed by atoms with Crippen molar-refractivity contribution in [3.63, 3.8) is 0 Å². The van der Waals surface area contributed by atoms with Gasteiger partial charge in [0.1, 0.15) is 24.4 Å². The van der Waals surface area contributed by atoms with Crippen LogP contribution in [-0.2, 0) is 14.3 Å². The molecule has 0 aromatic heterocycles. The summed E-state index contributed by atoms with van der Waals surface area (Å²) >= 11 is 0. The zero-order valence-corrected chi connectivity index (χ0v) is 48.8. The summed E-state index contributed by atoms with van der Waals surface area (Å²) in [5.41, 5.74) is 0. The van der Waals surface area contributed by atoms with Gasteiger partial charge < -0.3 is 40.3 Å². The minimum Gasteiger partial charge on any atom is -0.394 e. The zero-order chi connectivity index (χ0) is 56.5. The van der Waals surface area contributed by atoms with Crippen molar-refractivity contribution in [1.82, 2.24) is 5.32 Å². The smallest absolute Gasteiger partial charge is 0.220 e. The van der Waals surface area contributed by atoms with Gasteiger partial charge in [0.2, 0.25) is 5.91 Å². The molecule has 1 amide bonds. The first-order chi connectivity index (χ1) is 38.3. The monoisotopic (exact) mass is 1080 g/mol. The summed E-state index contributed by atoms with van der Waals surface area (Å²) in [6.07, 6.45) is 81.6. The molecule has 0 aromatic rings. The van der Waals surface area contributed by atoms with Crippen LogP contribution in [0.15, 0.2) is 158 Å². The number of carbonyl (C=O) groups is 1. The number of aliphatic hydroxyl groups excluding tert-OH is 5. The van der Waals surface area contributed by atoms with E-state index in [1.54, 1.807) is 6.08 Å². The van der Waals surface area contributed by atoms with Gasteiger partial charge in [-0.1, -0.05) is 242 Å². The summed E-state index contributed by atoms with van der Waals surface area (Å²) in [6, 6.07) is -0.849. The van der Waals surface area contributed by atoms with Crippen LogP contribution in [-0.4, -0.2) is 87.5 Å². The normalized spacial score (nSPS) is 19.8. The Balaban J connectivity index is 2.24. The van der Waals surface area contributed by atoms with E-state index in [9.17, 15) is 30.3 Å². The minimum absolute atomic E-state index is 0.213. The molecule has 0 spiro atoms. The van der Waals surface area contributed by atoms with Gasteiger partial charge in [-0.3, -0.25) is 4.79 Å². The minimum atomic E-state index is -1.59. The van der Waals surface area contributed by atoms with E-state index in [0.29, 0.717) is 6.42 Å². The molecule has 1 fully saturated rings. The van der Waals surface area contributed by atoms with Gasteiger partial charge in [0.25, 0.3) is 0 Å². The Hall–Kier alpha value is -4.19. The third-order valence-electron chi connectivity index (χ3n) is 13.3. The number of allylic oxidation sites excluding steroid dienone is 25. The lowest BCUT2D eigenvalue weighted by molar-refractivity contribution is -0.302. The van der Waals surface area contributed by atoms with E-state index in [1.165, 1.54) is 51.4 Å². The average Bonchev–Trinajstić information content (AvgIpc) is 3.45. The Bertz CT molecular complexity index is 1780. The molecular weight excluding hydrogens is 971 g/mol. The first kappa shape index (κ1) is 71.8. The van der Waals surface area contributed by atoms with E-state index in [2.05, 4.69) is 165 Å². The summed E-state index contributed by atoms with van der Waals surface area (Å²) in [7, 11) is 0. The zero-order valence-electron chi connectivity index (χ0n) is 48.8. The van der Waals surface area contributed by atoms with Gasteiger partial charge in [0.15, 0.2) is 6.29 Å². The number of amides is 1. The van der Waals surface area contributed by atoms with Crippen LogP contribution in [0.4, 0.5) is 0 Å². The molecule has 6 N–H and O–H groups in total. The Kier molecular flexibility index (Phi) is 51.7. The van der Waals surface area contributed by atoms with Gasteiger partial charge in [-0.2, -0.15) is 0 Å². The predicted octanol–water partition coefficient (Wildman–Crippen LogP) is 16.0. The maximum Gasteiger partial charge on any atom is 0.220 e. The lowest BCUT2D eigenvalue weighted by Crippen LogP contribution is -2.60. The fourth-order valence-electron chi connectivity index (χ4n) is 8.51. The topological polar surface area (TPSA) is 149 Å². The van der Waals surface area contributed by atoms with Gasteiger partial charge >= 0.3 is 0 Å². The van der Waals surface area contributed by atoms with Gasteiger partial charge in [0, 0.05) is 6.42 Å². The van der Waals surface area contributed by atoms with Gasteiger partial charge in [-0.15, -0.1) is 0 Å². The summed E-state index contributed by atoms with van der Waals surface area (Å²) in [5, 5.41) is 54.5. The molecule has 1 heterocycles. The van der Waals surface area contributed by atoms with E-state index >= 15 is 0 Å². The van der Waals surface area contributed by atoms with Crippen LogP contribution in [0.25, 0.3) is 0 Å². The van der Waals surface area contributed by atoms with Crippen molar-refractivity contribution in [2.24, 2.45) is 0 Å². The molecule has 1 rings (SSSR count). The van der Waals surface area contributed by atoms with Gasteiger partial charge in [0.05, 0.1) is 25.4 Å². The summed E-state index contributed by atoms with van der Waals surface area (Å²) < 4.78 is 11.2. The van der Waals surface area contributed by atoms with E-state index in [1.807, 2.05) is 6.08 Å². The molecule has 1 aliphatic heterocycles. The van der Waals surface area contributed by atoms with E-state index in [0.717, 1.165) is 141 Å². The quantitative estimate of drug-likeness (QED) is 0.0261. The van der Waals surface area contributed by atoms with Crippen LogP contribution in [0.1, 0.15) is 213 Å². The average molecular weight is 1080 g/mol. The fraction of sp³-hybridized carbons (Fsp3) is 0.609. The Labute approximate surface area is 475 Å². The highest BCUT2D eigenvalue weighted by atomic mass is 16.7. The van der Waals surface area contributed by atoms with Crippen LogP contribution in [0.3, 0.4) is 0 Å². The Morgan fingerprint density at radius 3 is 1.23 bits per heavy atom. The number of hydrogen-bond donors (Lipinski definition) is 6. The molecule has 0 saturated carbocycles. The second-order valence-electron chi connectivity index (χ2n) is 20.4. The molecule has 0 aromatic carbocycles. The summed E-state index contributed by atoms with van der Waals surface area (Å²) in [6.45, 7) is 3.61. The molecule has 0 aliphatic carbocycles. The third kappa shape index (κ3) is 44.6. The molecule has 0 radical (unpaired) electrons. The second kappa shape index (κ2) is 56.1. The van der Waals surface area contributed by atoms with E-state index in [4.69, 9.17) is 9.47 Å². The maximum atomic E-state index is 13.1. The Morgan fingerprint density at radius 2 is 0.808 bits per heavy atom. The van der Waals surface area contributed by atoms with Crippen LogP contribution in [0.5, 0.6) is 0 Å². The molecule has 1 aliphatic rings. The van der Waals surface area contributed by atoms with Gasteiger partial charge in [-0.05, 0) is 122 Å². The molecule has 9 nitrogen and oxygen atoms in total. The highest BCUT2D eigenvalue weighted by molar-refractivity contribution is 5.76. The largest absolute Gasteiger partial charge is 0.394 e. The second-order valence-corrected chi connectivity index (χ2v) is 20.4. The van der Waals surface area contributed by atoms with Crippen molar-refractivity contribution in [1.29, 1.82) is 0 Å². The fourth-order valence-corrected chi connectivity index (χ4v) is 8.51. The lowest BCUT2D eigenvalue weighted by atomic mass is 9.99. The molecule has 9 heteroatoms. The predicted molar refractivity (Wildman–Crippen MR) is 331 cm³/mol. The molecule has 7 unspecified atom stereocenters. The van der Waals surface area contributed by atoms with Crippen LogP contribution in [0.2, 0.25) is 0 Å². The number of rotatable bonds is 50. The van der Waals surface area contributed by atoms with Crippen molar-refractivity contribution >= 4 is 5.91 Å². The number of carbonyl (C=O) groups excluding carboxylic acids is 1. The van der Waals surface area contributed by atoms with Crippen LogP contribution >= 0.6 is 0 Å². The Morgan fingerprint density at radius 1 is 0.449 bits per heavy atom. The molecule has 78 heavy (non-hydrogen) atoms. The first-order valence-corrected chi connectivity index (χ1v) is 30.7. The summed E-state index contributed by atoms with van der Waals surface area (Å²) in [5.74, 6) is -0.213. The number of nitrogens with one attached hydrogen (secondary N) is 1. The van der Waals surface area contributed by atoms with Crippen molar-refractivity contribution in [3.05, 3.63) is 158 Å². The maximum absolute atomic E-state index is 13.1. The highest BCUT2D eigenvalue weighted by Gasteiger charge is 2.44. The third-order valence-corrected chi connectivity index (χ3v) is 13.3. The molecule has 7 atom stereocenters. The summed E-state index contributed by atoms with van der Waals surface area (Å²) in [4.78, 5) is 13.1. The van der Waals surface area contributed by atoms with E-state index in [-0.39, 0.29) is 12.5 Å². The van der Waals surface area contributed by atoms with Crippen LogP contribution < -0.4 is 5.32 Å². The number of ether oxygens (including phenoxy) is 2. The molecule has 1 saturated heterocycles. The lowest BCUT2D eigenvalue weighted by Gasteiger charge is -2.40. The van der Waals surface area contributed by atoms with Crippen molar-refractivity contribution in [2.45, 2.75) is 256 Å².